The number of ether oxygens (including phenoxy) is 1. The summed E-state index contributed by atoms with van der Waals surface area (Å²) in [6, 6.07) is 0. The molecular formula is C12H18N2O3. The van der Waals surface area contributed by atoms with Gasteiger partial charge < -0.3 is 9.26 Å². The number of carbonyl (C=O) groups is 1. The molecule has 1 aliphatic rings. The zero-order valence-corrected chi connectivity index (χ0v) is 10.1. The van der Waals surface area contributed by atoms with E-state index in [1.165, 1.54) is 0 Å². The molecule has 5 heteroatoms. The quantitative estimate of drug-likeness (QED) is 0.743. The molecule has 1 aromatic rings. The second kappa shape index (κ2) is 5.82. The largest absolute Gasteiger partial charge is 0.466 e. The zero-order chi connectivity index (χ0) is 12.1. The Labute approximate surface area is 101 Å². The van der Waals surface area contributed by atoms with Crippen LogP contribution in [0.2, 0.25) is 0 Å². The van der Waals surface area contributed by atoms with Crippen LogP contribution in [0.15, 0.2) is 17.0 Å². The van der Waals surface area contributed by atoms with E-state index in [1.807, 2.05) is 6.92 Å². The fourth-order valence-electron chi connectivity index (χ4n) is 2.21. The van der Waals surface area contributed by atoms with Crippen LogP contribution >= 0.6 is 0 Å². The number of hydrogen-bond donors (Lipinski definition) is 0. The molecule has 1 atom stereocenters. The number of esters is 1. The molecule has 1 aromatic heterocycles. The van der Waals surface area contributed by atoms with Gasteiger partial charge in [-0.15, -0.1) is 0 Å². The van der Waals surface area contributed by atoms with E-state index in [2.05, 4.69) is 10.1 Å². The predicted molar refractivity (Wildman–Crippen MR) is 61.1 cm³/mol. The molecule has 1 saturated heterocycles. The van der Waals surface area contributed by atoms with Crippen LogP contribution in [0.25, 0.3) is 0 Å². The van der Waals surface area contributed by atoms with Crippen LogP contribution in [0.1, 0.15) is 25.3 Å². The van der Waals surface area contributed by atoms with Crippen LogP contribution < -0.4 is 0 Å². The lowest BCUT2D eigenvalue weighted by atomic mass is 9.98. The highest BCUT2D eigenvalue weighted by molar-refractivity contribution is 5.72. The summed E-state index contributed by atoms with van der Waals surface area (Å²) in [5.41, 5.74) is 1.05. The number of carbonyl (C=O) groups excluding carboxylic acids is 1. The second-order valence-electron chi connectivity index (χ2n) is 4.36. The van der Waals surface area contributed by atoms with Crippen LogP contribution in [0.3, 0.4) is 0 Å². The van der Waals surface area contributed by atoms with Crippen molar-refractivity contribution in [3.05, 3.63) is 18.0 Å². The van der Waals surface area contributed by atoms with E-state index in [1.54, 1.807) is 12.5 Å². The van der Waals surface area contributed by atoms with Crippen LogP contribution in [-0.2, 0) is 16.1 Å². The average Bonchev–Trinajstić information content (AvgIpc) is 2.82. The van der Waals surface area contributed by atoms with E-state index in [0.29, 0.717) is 6.61 Å². The Morgan fingerprint density at radius 2 is 2.59 bits per heavy atom. The van der Waals surface area contributed by atoms with Crippen LogP contribution in [-0.4, -0.2) is 35.7 Å². The minimum absolute atomic E-state index is 0.0172. The molecule has 0 N–H and O–H groups in total. The van der Waals surface area contributed by atoms with Gasteiger partial charge in [0.15, 0.2) is 0 Å². The van der Waals surface area contributed by atoms with Crippen LogP contribution in [0, 0.1) is 5.92 Å². The van der Waals surface area contributed by atoms with Crippen molar-refractivity contribution in [2.75, 3.05) is 19.7 Å². The van der Waals surface area contributed by atoms with E-state index in [-0.39, 0.29) is 11.9 Å². The van der Waals surface area contributed by atoms with E-state index in [0.717, 1.165) is 38.0 Å². The maximum absolute atomic E-state index is 11.7. The van der Waals surface area contributed by atoms with Gasteiger partial charge in [0, 0.05) is 18.7 Å². The second-order valence-corrected chi connectivity index (χ2v) is 4.36. The highest BCUT2D eigenvalue weighted by Crippen LogP contribution is 2.19. The summed E-state index contributed by atoms with van der Waals surface area (Å²) in [4.78, 5) is 13.9. The van der Waals surface area contributed by atoms with Gasteiger partial charge >= 0.3 is 5.97 Å². The molecule has 0 aromatic carbocycles. The van der Waals surface area contributed by atoms with E-state index in [9.17, 15) is 4.79 Å². The van der Waals surface area contributed by atoms with Gasteiger partial charge in [0.25, 0.3) is 0 Å². The van der Waals surface area contributed by atoms with Crippen molar-refractivity contribution in [2.45, 2.75) is 26.3 Å². The van der Waals surface area contributed by atoms with Gasteiger partial charge in [0.05, 0.1) is 18.7 Å². The molecule has 2 rings (SSSR count). The zero-order valence-electron chi connectivity index (χ0n) is 10.1. The molecule has 0 aliphatic carbocycles. The minimum Gasteiger partial charge on any atom is -0.466 e. The summed E-state index contributed by atoms with van der Waals surface area (Å²) in [5.74, 6) is -0.0499. The molecule has 1 fully saturated rings. The third kappa shape index (κ3) is 3.30. The van der Waals surface area contributed by atoms with E-state index in [4.69, 9.17) is 9.26 Å². The molecule has 0 amide bonds. The van der Waals surface area contributed by atoms with Gasteiger partial charge in [-0.2, -0.15) is 0 Å². The normalized spacial score (nSPS) is 21.4. The number of nitrogens with zero attached hydrogens (tertiary/aromatic N) is 2. The molecule has 94 valence electrons. The third-order valence-electron chi connectivity index (χ3n) is 3.02. The Bertz CT molecular complexity index is 351. The summed E-state index contributed by atoms with van der Waals surface area (Å²) in [6.07, 6.45) is 5.33. The number of aromatic nitrogens is 1. The predicted octanol–water partition coefficient (Wildman–Crippen LogP) is 1.45. The molecule has 17 heavy (non-hydrogen) atoms. The van der Waals surface area contributed by atoms with Gasteiger partial charge in [-0.3, -0.25) is 9.69 Å². The first-order chi connectivity index (χ1) is 8.29. The fourth-order valence-corrected chi connectivity index (χ4v) is 2.21. The molecule has 5 nitrogen and oxygen atoms in total. The number of hydrogen-bond acceptors (Lipinski definition) is 5. The average molecular weight is 238 g/mol. The van der Waals surface area contributed by atoms with Gasteiger partial charge in [-0.25, -0.2) is 0 Å². The minimum atomic E-state index is -0.0671. The molecule has 1 aliphatic heterocycles. The van der Waals surface area contributed by atoms with E-state index < -0.39 is 0 Å². The highest BCUT2D eigenvalue weighted by Gasteiger charge is 2.26. The SMILES string of the molecule is CCOC(=O)C1CCCN(Cc2cnoc2)C1. The topological polar surface area (TPSA) is 55.6 Å². The first kappa shape index (κ1) is 12.1. The summed E-state index contributed by atoms with van der Waals surface area (Å²) < 4.78 is 9.87. The van der Waals surface area contributed by atoms with Crippen molar-refractivity contribution >= 4 is 5.97 Å². The Morgan fingerprint density at radius 1 is 1.71 bits per heavy atom. The lowest BCUT2D eigenvalue weighted by Gasteiger charge is -2.30. The third-order valence-corrected chi connectivity index (χ3v) is 3.02. The number of rotatable bonds is 4. The van der Waals surface area contributed by atoms with Crippen molar-refractivity contribution < 1.29 is 14.1 Å². The molecule has 0 spiro atoms. The summed E-state index contributed by atoms with van der Waals surface area (Å²) >= 11 is 0. The Morgan fingerprint density at radius 3 is 3.29 bits per heavy atom. The van der Waals surface area contributed by atoms with Crippen molar-refractivity contribution in [3.8, 4) is 0 Å². The number of likely N-dealkylation sites (tertiary alicyclic amines) is 1. The molecule has 1 unspecified atom stereocenters. The summed E-state index contributed by atoms with van der Waals surface area (Å²) in [5, 5.41) is 3.68. The Hall–Kier alpha value is -1.36. The smallest absolute Gasteiger partial charge is 0.310 e. The maximum Gasteiger partial charge on any atom is 0.310 e. The first-order valence-electron chi connectivity index (χ1n) is 6.07. The standard InChI is InChI=1S/C12H18N2O3/c1-2-16-12(15)11-4-3-5-14(8-11)7-10-6-13-17-9-10/h6,9,11H,2-5,7-8H2,1H3. The maximum atomic E-state index is 11.7. The summed E-state index contributed by atoms with van der Waals surface area (Å²) in [6.45, 7) is 4.88. The lowest BCUT2D eigenvalue weighted by molar-refractivity contribution is -0.150. The Balaban J connectivity index is 1.86. The summed E-state index contributed by atoms with van der Waals surface area (Å²) in [7, 11) is 0. The Kier molecular flexibility index (Phi) is 4.14. The van der Waals surface area contributed by atoms with Gasteiger partial charge in [-0.05, 0) is 26.3 Å². The fraction of sp³-hybridized carbons (Fsp3) is 0.667. The van der Waals surface area contributed by atoms with Crippen LogP contribution in [0.5, 0.6) is 0 Å². The molecular weight excluding hydrogens is 220 g/mol. The van der Waals surface area contributed by atoms with Crippen LogP contribution in [0.4, 0.5) is 0 Å². The van der Waals surface area contributed by atoms with Gasteiger partial charge in [0.2, 0.25) is 0 Å². The van der Waals surface area contributed by atoms with Crippen molar-refractivity contribution in [3.63, 3.8) is 0 Å². The van der Waals surface area contributed by atoms with Crippen molar-refractivity contribution in [1.29, 1.82) is 0 Å². The van der Waals surface area contributed by atoms with E-state index >= 15 is 0 Å². The molecule has 2 heterocycles. The van der Waals surface area contributed by atoms with Gasteiger partial charge in [-0.1, -0.05) is 5.16 Å². The van der Waals surface area contributed by atoms with Gasteiger partial charge in [0.1, 0.15) is 6.26 Å². The number of piperidine rings is 1. The molecule has 0 bridgehead atoms. The first-order valence-corrected chi connectivity index (χ1v) is 6.07. The highest BCUT2D eigenvalue weighted by atomic mass is 16.5. The molecule has 0 radical (unpaired) electrons. The monoisotopic (exact) mass is 238 g/mol. The van der Waals surface area contributed by atoms with Crippen molar-refractivity contribution in [2.24, 2.45) is 5.92 Å². The van der Waals surface area contributed by atoms with Crippen molar-refractivity contribution in [1.82, 2.24) is 10.1 Å². The molecule has 0 saturated carbocycles. The lowest BCUT2D eigenvalue weighted by Crippen LogP contribution is -2.38.